The van der Waals surface area contributed by atoms with Gasteiger partial charge in [-0.3, -0.25) is 14.6 Å². The molecule has 0 spiro atoms. The number of nitrogens with zero attached hydrogens (tertiary/aromatic N) is 3. The first-order valence-electron chi connectivity index (χ1n) is 7.81. The molecule has 0 aliphatic carbocycles. The Balaban J connectivity index is 1.51. The number of anilines is 1. The Morgan fingerprint density at radius 3 is 2.92 bits per heavy atom. The fourth-order valence-electron chi connectivity index (χ4n) is 2.68. The number of hydrogen-bond donors (Lipinski definition) is 2. The normalized spacial score (nSPS) is 11.0. The number of carbonyl (C=O) groups is 1. The number of para-hydroxylation sites is 1. The molecule has 0 aliphatic heterocycles. The molecule has 0 bridgehead atoms. The summed E-state index contributed by atoms with van der Waals surface area (Å²) in [6, 6.07) is 10.5. The highest BCUT2D eigenvalue weighted by Crippen LogP contribution is 2.17. The van der Waals surface area contributed by atoms with Gasteiger partial charge in [-0.15, -0.1) is 0 Å². The summed E-state index contributed by atoms with van der Waals surface area (Å²) in [5.74, 6) is -1.43. The smallest absolute Gasteiger partial charge is 0.276 e. The van der Waals surface area contributed by atoms with E-state index in [-0.39, 0.29) is 23.7 Å². The predicted octanol–water partition coefficient (Wildman–Crippen LogP) is 3.34. The fourth-order valence-corrected chi connectivity index (χ4v) is 2.68. The molecule has 2 aromatic carbocycles. The Hall–Kier alpha value is -3.55. The van der Waals surface area contributed by atoms with Crippen LogP contribution in [0.5, 0.6) is 0 Å². The molecule has 0 atom stereocenters. The van der Waals surface area contributed by atoms with Crippen LogP contribution in [0.25, 0.3) is 10.9 Å². The van der Waals surface area contributed by atoms with Crippen LogP contribution in [0.15, 0.2) is 54.9 Å². The van der Waals surface area contributed by atoms with Crippen molar-refractivity contribution in [2.75, 3.05) is 5.32 Å². The van der Waals surface area contributed by atoms with Crippen molar-refractivity contribution in [3.05, 3.63) is 77.8 Å². The van der Waals surface area contributed by atoms with Gasteiger partial charge in [0.25, 0.3) is 5.91 Å². The number of fused-ring (bicyclic) bond motifs is 1. The molecule has 4 aromatic rings. The third-order valence-electron chi connectivity index (χ3n) is 3.92. The second-order valence-corrected chi connectivity index (χ2v) is 5.73. The van der Waals surface area contributed by atoms with Crippen molar-refractivity contribution < 1.29 is 13.6 Å². The maximum atomic E-state index is 13.7. The summed E-state index contributed by atoms with van der Waals surface area (Å²) in [7, 11) is 0. The molecule has 26 heavy (non-hydrogen) atoms. The molecule has 0 unspecified atom stereocenters. The van der Waals surface area contributed by atoms with Gasteiger partial charge in [-0.05, 0) is 24.3 Å². The van der Waals surface area contributed by atoms with Crippen molar-refractivity contribution in [1.82, 2.24) is 20.0 Å². The van der Waals surface area contributed by atoms with Crippen LogP contribution in [-0.4, -0.2) is 25.9 Å². The van der Waals surface area contributed by atoms with Crippen LogP contribution in [0.2, 0.25) is 0 Å². The van der Waals surface area contributed by atoms with Crippen molar-refractivity contribution >= 4 is 22.5 Å². The van der Waals surface area contributed by atoms with Gasteiger partial charge < -0.3 is 5.32 Å². The predicted molar refractivity (Wildman–Crippen MR) is 91.7 cm³/mol. The lowest BCUT2D eigenvalue weighted by Gasteiger charge is -2.04. The molecule has 1 amide bonds. The lowest BCUT2D eigenvalue weighted by Crippen LogP contribution is -2.12. The summed E-state index contributed by atoms with van der Waals surface area (Å²) in [5.41, 5.74) is 1.63. The van der Waals surface area contributed by atoms with Crippen molar-refractivity contribution in [2.24, 2.45) is 0 Å². The summed E-state index contributed by atoms with van der Waals surface area (Å²) < 4.78 is 28.4. The van der Waals surface area contributed by atoms with Crippen LogP contribution < -0.4 is 5.32 Å². The highest BCUT2D eigenvalue weighted by atomic mass is 19.1. The van der Waals surface area contributed by atoms with E-state index in [2.05, 4.69) is 20.6 Å². The van der Waals surface area contributed by atoms with Crippen LogP contribution in [0.3, 0.4) is 0 Å². The summed E-state index contributed by atoms with van der Waals surface area (Å²) in [6.07, 6.45) is 2.97. The molecule has 2 N–H and O–H groups in total. The molecule has 8 heteroatoms. The Labute approximate surface area is 146 Å². The zero-order valence-electron chi connectivity index (χ0n) is 13.4. The van der Waals surface area contributed by atoms with Crippen molar-refractivity contribution in [2.45, 2.75) is 6.54 Å². The monoisotopic (exact) mass is 353 g/mol. The average Bonchev–Trinajstić information content (AvgIpc) is 3.25. The van der Waals surface area contributed by atoms with Crippen LogP contribution in [0, 0.1) is 11.6 Å². The van der Waals surface area contributed by atoms with E-state index in [4.69, 9.17) is 0 Å². The molecule has 2 heterocycles. The van der Waals surface area contributed by atoms with E-state index < -0.39 is 11.6 Å². The molecule has 6 nitrogen and oxygen atoms in total. The topological polar surface area (TPSA) is 75.6 Å². The number of aromatic amines is 1. The minimum Gasteiger partial charge on any atom is -0.318 e. The summed E-state index contributed by atoms with van der Waals surface area (Å²) in [5, 5.41) is 14.3. The SMILES string of the molecule is O=C(Nc1cnn(Cc2cc(F)ccc2F)c1)c1n[nH]c2ccccc12. The minimum absolute atomic E-state index is 0.0464. The molecule has 0 saturated carbocycles. The molecule has 0 saturated heterocycles. The molecule has 0 fully saturated rings. The number of nitrogens with one attached hydrogen (secondary N) is 2. The number of H-pyrrole nitrogens is 1. The first-order valence-corrected chi connectivity index (χ1v) is 7.81. The maximum absolute atomic E-state index is 13.7. The second kappa shape index (κ2) is 6.40. The van der Waals surface area contributed by atoms with E-state index in [0.29, 0.717) is 11.1 Å². The van der Waals surface area contributed by atoms with Crippen molar-refractivity contribution in [3.8, 4) is 0 Å². The van der Waals surface area contributed by atoms with E-state index in [1.807, 2.05) is 18.2 Å². The Morgan fingerprint density at radius 2 is 2.04 bits per heavy atom. The zero-order valence-corrected chi connectivity index (χ0v) is 13.4. The van der Waals surface area contributed by atoms with E-state index in [9.17, 15) is 13.6 Å². The molecular weight excluding hydrogens is 340 g/mol. The first-order chi connectivity index (χ1) is 12.6. The number of halogens is 2. The number of amides is 1. The summed E-state index contributed by atoms with van der Waals surface area (Å²) in [4.78, 5) is 12.4. The highest BCUT2D eigenvalue weighted by molar-refractivity contribution is 6.10. The van der Waals surface area contributed by atoms with E-state index in [1.165, 1.54) is 17.1 Å². The van der Waals surface area contributed by atoms with E-state index in [1.54, 1.807) is 6.07 Å². The Kier molecular flexibility index (Phi) is 3.92. The number of benzene rings is 2. The molecule has 0 radical (unpaired) electrons. The van der Waals surface area contributed by atoms with Gasteiger partial charge in [0.15, 0.2) is 5.69 Å². The highest BCUT2D eigenvalue weighted by Gasteiger charge is 2.15. The summed E-state index contributed by atoms with van der Waals surface area (Å²) in [6.45, 7) is 0.0464. The summed E-state index contributed by atoms with van der Waals surface area (Å²) >= 11 is 0. The van der Waals surface area contributed by atoms with Crippen LogP contribution in [0.1, 0.15) is 16.1 Å². The number of carbonyl (C=O) groups excluding carboxylic acids is 1. The quantitative estimate of drug-likeness (QED) is 0.591. The Morgan fingerprint density at radius 1 is 1.19 bits per heavy atom. The van der Waals surface area contributed by atoms with Gasteiger partial charge in [-0.1, -0.05) is 18.2 Å². The fraction of sp³-hybridized carbons (Fsp3) is 0.0556. The van der Waals surface area contributed by atoms with Crippen LogP contribution in [0.4, 0.5) is 14.5 Å². The van der Waals surface area contributed by atoms with E-state index >= 15 is 0 Å². The molecule has 0 aliphatic rings. The first kappa shape index (κ1) is 15.9. The van der Waals surface area contributed by atoms with E-state index in [0.717, 1.165) is 23.7 Å². The van der Waals surface area contributed by atoms with Gasteiger partial charge in [0.05, 0.1) is 23.9 Å². The third kappa shape index (κ3) is 3.04. The average molecular weight is 353 g/mol. The second-order valence-electron chi connectivity index (χ2n) is 5.73. The maximum Gasteiger partial charge on any atom is 0.276 e. The largest absolute Gasteiger partial charge is 0.318 e. The van der Waals surface area contributed by atoms with Gasteiger partial charge in [0, 0.05) is 17.1 Å². The molecule has 130 valence electrons. The number of hydrogen-bond acceptors (Lipinski definition) is 3. The number of aromatic nitrogens is 4. The van der Waals surface area contributed by atoms with Crippen molar-refractivity contribution in [3.63, 3.8) is 0 Å². The van der Waals surface area contributed by atoms with Gasteiger partial charge in [0.2, 0.25) is 0 Å². The lowest BCUT2D eigenvalue weighted by atomic mass is 10.2. The molecular formula is C18H13F2N5O. The lowest BCUT2D eigenvalue weighted by molar-refractivity contribution is 0.102. The van der Waals surface area contributed by atoms with Gasteiger partial charge in [-0.25, -0.2) is 8.78 Å². The zero-order chi connectivity index (χ0) is 18.1. The van der Waals surface area contributed by atoms with Gasteiger partial charge in [-0.2, -0.15) is 10.2 Å². The van der Waals surface area contributed by atoms with Crippen LogP contribution >= 0.6 is 0 Å². The Bertz CT molecular complexity index is 1100. The standard InChI is InChI=1S/C18H13F2N5O/c19-12-5-6-15(20)11(7-12)9-25-10-13(8-21-25)22-18(26)17-14-3-1-2-4-16(14)23-24-17/h1-8,10H,9H2,(H,22,26)(H,23,24). The van der Waals surface area contributed by atoms with Crippen molar-refractivity contribution in [1.29, 1.82) is 0 Å². The van der Waals surface area contributed by atoms with Gasteiger partial charge in [0.1, 0.15) is 11.6 Å². The molecule has 4 rings (SSSR count). The third-order valence-corrected chi connectivity index (χ3v) is 3.92. The molecule has 2 aromatic heterocycles. The number of rotatable bonds is 4. The van der Waals surface area contributed by atoms with Gasteiger partial charge >= 0.3 is 0 Å². The minimum atomic E-state index is -0.521. The van der Waals surface area contributed by atoms with Crippen LogP contribution in [-0.2, 0) is 6.54 Å².